The van der Waals surface area contributed by atoms with Crippen LogP contribution < -0.4 is 5.32 Å². The fraction of sp³-hybridized carbons (Fsp3) is 0.400. The molecule has 0 radical (unpaired) electrons. The topological polar surface area (TPSA) is 25.2 Å². The summed E-state index contributed by atoms with van der Waals surface area (Å²) in [5.41, 5.74) is 1.30. The third-order valence-electron chi connectivity index (χ3n) is 1.80. The molecule has 1 heterocycles. The van der Waals surface area contributed by atoms with Crippen molar-refractivity contribution in [2.75, 3.05) is 13.6 Å². The third kappa shape index (κ3) is 3.25. The van der Waals surface area contributed by atoms with Gasteiger partial charge in [-0.1, -0.05) is 12.5 Å². The molecule has 3 heteroatoms. The Morgan fingerprint density at radius 3 is 2.85 bits per heavy atom. The van der Waals surface area contributed by atoms with Gasteiger partial charge in [0.25, 0.3) is 0 Å². The average molecular weight is 200 g/mol. The Labute approximate surface area is 83.6 Å². The first-order valence-corrected chi connectivity index (χ1v) is 4.73. The molecule has 1 aromatic heterocycles. The molecule has 0 bridgehead atoms. The van der Waals surface area contributed by atoms with E-state index in [9.17, 15) is 0 Å². The van der Waals surface area contributed by atoms with Gasteiger partial charge in [-0.2, -0.15) is 0 Å². The summed E-state index contributed by atoms with van der Waals surface area (Å²) in [6, 6.07) is 3.62. The zero-order valence-electron chi connectivity index (χ0n) is 7.93. The van der Waals surface area contributed by atoms with E-state index >= 15 is 0 Å². The van der Waals surface area contributed by atoms with Crippen molar-refractivity contribution in [1.29, 1.82) is 0 Å². The molecule has 0 saturated carbocycles. The van der Waals surface area contributed by atoms with Gasteiger partial charge in [0.15, 0.2) is 5.22 Å². The van der Waals surface area contributed by atoms with Crippen molar-refractivity contribution >= 4 is 17.7 Å². The molecular formula is C10H14ClNO. The van der Waals surface area contributed by atoms with Crippen molar-refractivity contribution in [3.63, 3.8) is 0 Å². The molecule has 1 rings (SSSR count). The van der Waals surface area contributed by atoms with Crippen LogP contribution in [0.4, 0.5) is 0 Å². The highest BCUT2D eigenvalue weighted by molar-refractivity contribution is 6.28. The Balaban J connectivity index is 2.72. The summed E-state index contributed by atoms with van der Waals surface area (Å²) in [6.07, 6.45) is 3.03. The van der Waals surface area contributed by atoms with Gasteiger partial charge in [-0.05, 0) is 43.3 Å². The number of hydrogen-bond donors (Lipinski definition) is 1. The van der Waals surface area contributed by atoms with E-state index in [1.807, 2.05) is 19.2 Å². The van der Waals surface area contributed by atoms with Gasteiger partial charge in [0.05, 0.1) is 0 Å². The predicted octanol–water partition coefficient (Wildman–Crippen LogP) is 2.95. The lowest BCUT2D eigenvalue weighted by Crippen LogP contribution is -2.09. The van der Waals surface area contributed by atoms with E-state index in [2.05, 4.69) is 12.2 Å². The molecule has 0 aliphatic rings. The standard InChI is InChI=1S/C10H14ClNO/c1-3-8(7-12-2)6-9-4-5-10(11)13-9/h4-6,12H,3,7H2,1-2H3. The molecule has 0 fully saturated rings. The molecule has 0 aromatic carbocycles. The summed E-state index contributed by atoms with van der Waals surface area (Å²) in [4.78, 5) is 0. The van der Waals surface area contributed by atoms with Crippen LogP contribution in [0.5, 0.6) is 0 Å². The molecule has 0 saturated heterocycles. The van der Waals surface area contributed by atoms with Crippen molar-refractivity contribution in [3.05, 3.63) is 28.7 Å². The van der Waals surface area contributed by atoms with Gasteiger partial charge in [0.2, 0.25) is 0 Å². The fourth-order valence-corrected chi connectivity index (χ4v) is 1.26. The number of likely N-dealkylation sites (N-methyl/N-ethyl adjacent to an activating group) is 1. The normalized spacial score (nSPS) is 12.1. The van der Waals surface area contributed by atoms with E-state index in [0.717, 1.165) is 18.7 Å². The van der Waals surface area contributed by atoms with Gasteiger partial charge < -0.3 is 9.73 Å². The maximum atomic E-state index is 5.65. The maximum absolute atomic E-state index is 5.65. The zero-order valence-corrected chi connectivity index (χ0v) is 8.69. The number of nitrogens with one attached hydrogen (secondary N) is 1. The Bertz CT molecular complexity index is 291. The highest BCUT2D eigenvalue weighted by Crippen LogP contribution is 2.16. The molecule has 0 spiro atoms. The average Bonchev–Trinajstić information content (AvgIpc) is 2.50. The van der Waals surface area contributed by atoms with E-state index in [4.69, 9.17) is 16.0 Å². The van der Waals surface area contributed by atoms with Gasteiger partial charge in [-0.15, -0.1) is 0 Å². The second kappa shape index (κ2) is 5.10. The maximum Gasteiger partial charge on any atom is 0.193 e. The van der Waals surface area contributed by atoms with Crippen LogP contribution in [-0.2, 0) is 0 Å². The summed E-state index contributed by atoms with van der Waals surface area (Å²) >= 11 is 5.65. The van der Waals surface area contributed by atoms with Crippen LogP contribution in [-0.4, -0.2) is 13.6 Å². The second-order valence-electron chi connectivity index (χ2n) is 2.83. The molecule has 0 aliphatic heterocycles. The Kier molecular flexibility index (Phi) is 4.06. The number of halogens is 1. The van der Waals surface area contributed by atoms with E-state index < -0.39 is 0 Å². The van der Waals surface area contributed by atoms with Gasteiger partial charge in [0, 0.05) is 6.54 Å². The molecule has 1 aromatic rings. The molecule has 0 unspecified atom stereocenters. The smallest absolute Gasteiger partial charge is 0.193 e. The lowest BCUT2D eigenvalue weighted by atomic mass is 10.2. The number of furan rings is 1. The van der Waals surface area contributed by atoms with Gasteiger partial charge in [-0.25, -0.2) is 0 Å². The van der Waals surface area contributed by atoms with Gasteiger partial charge in [0.1, 0.15) is 5.76 Å². The fourth-order valence-electron chi connectivity index (χ4n) is 1.11. The van der Waals surface area contributed by atoms with Gasteiger partial charge in [-0.3, -0.25) is 0 Å². The zero-order chi connectivity index (χ0) is 9.68. The first-order valence-electron chi connectivity index (χ1n) is 4.35. The van der Waals surface area contributed by atoms with E-state index in [1.165, 1.54) is 5.57 Å². The number of rotatable bonds is 4. The van der Waals surface area contributed by atoms with Crippen molar-refractivity contribution in [2.45, 2.75) is 13.3 Å². The summed E-state index contributed by atoms with van der Waals surface area (Å²) < 4.78 is 5.22. The Hall–Kier alpha value is -0.730. The van der Waals surface area contributed by atoms with Crippen LogP contribution in [0.25, 0.3) is 6.08 Å². The minimum absolute atomic E-state index is 0.436. The number of hydrogen-bond acceptors (Lipinski definition) is 2. The molecular weight excluding hydrogens is 186 g/mol. The van der Waals surface area contributed by atoms with Crippen molar-refractivity contribution in [2.24, 2.45) is 0 Å². The third-order valence-corrected chi connectivity index (χ3v) is 2.00. The monoisotopic (exact) mass is 199 g/mol. The minimum atomic E-state index is 0.436. The van der Waals surface area contributed by atoms with Gasteiger partial charge >= 0.3 is 0 Å². The molecule has 0 aliphatic carbocycles. The first-order chi connectivity index (χ1) is 6.26. The predicted molar refractivity (Wildman–Crippen MR) is 55.9 cm³/mol. The molecule has 72 valence electrons. The van der Waals surface area contributed by atoms with Crippen LogP contribution >= 0.6 is 11.6 Å². The Morgan fingerprint density at radius 2 is 2.38 bits per heavy atom. The molecule has 13 heavy (non-hydrogen) atoms. The van der Waals surface area contributed by atoms with Crippen molar-refractivity contribution in [3.8, 4) is 0 Å². The largest absolute Gasteiger partial charge is 0.445 e. The summed E-state index contributed by atoms with van der Waals surface area (Å²) in [6.45, 7) is 3.00. The van der Waals surface area contributed by atoms with Crippen LogP contribution in [0.3, 0.4) is 0 Å². The van der Waals surface area contributed by atoms with Crippen molar-refractivity contribution in [1.82, 2.24) is 5.32 Å². The molecule has 1 N–H and O–H groups in total. The summed E-state index contributed by atoms with van der Waals surface area (Å²) in [5, 5.41) is 3.54. The summed E-state index contributed by atoms with van der Waals surface area (Å²) in [7, 11) is 1.93. The quantitative estimate of drug-likeness (QED) is 0.807. The molecule has 0 amide bonds. The van der Waals surface area contributed by atoms with E-state index in [0.29, 0.717) is 5.22 Å². The van der Waals surface area contributed by atoms with Crippen LogP contribution in [0, 0.1) is 0 Å². The van der Waals surface area contributed by atoms with Crippen molar-refractivity contribution < 1.29 is 4.42 Å². The van der Waals surface area contributed by atoms with Crippen LogP contribution in [0.2, 0.25) is 5.22 Å². The lowest BCUT2D eigenvalue weighted by Gasteiger charge is -2.01. The SMILES string of the molecule is CCC(=Cc1ccc(Cl)o1)CNC. The highest BCUT2D eigenvalue weighted by atomic mass is 35.5. The first kappa shape index (κ1) is 10.4. The van der Waals surface area contributed by atoms with E-state index in [1.54, 1.807) is 6.07 Å². The lowest BCUT2D eigenvalue weighted by molar-refractivity contribution is 0.558. The van der Waals surface area contributed by atoms with Crippen LogP contribution in [0.1, 0.15) is 19.1 Å². The van der Waals surface area contributed by atoms with Crippen LogP contribution in [0.15, 0.2) is 22.1 Å². The highest BCUT2D eigenvalue weighted by Gasteiger charge is 1.98. The van der Waals surface area contributed by atoms with E-state index in [-0.39, 0.29) is 0 Å². The molecule has 0 atom stereocenters. The summed E-state index contributed by atoms with van der Waals surface area (Å²) in [5.74, 6) is 0.817. The minimum Gasteiger partial charge on any atom is -0.445 e. The molecule has 2 nitrogen and oxygen atoms in total. The second-order valence-corrected chi connectivity index (χ2v) is 3.20. The Morgan fingerprint density at radius 1 is 1.62 bits per heavy atom.